The van der Waals surface area contributed by atoms with Crippen LogP contribution >= 0.6 is 11.3 Å². The Hall–Kier alpha value is -1.56. The Bertz CT molecular complexity index is 565. The van der Waals surface area contributed by atoms with Crippen LogP contribution in [0.15, 0.2) is 11.4 Å². The Morgan fingerprint density at radius 1 is 1.52 bits per heavy atom. The predicted molar refractivity (Wildman–Crippen MR) is 80.5 cm³/mol. The number of nitrogens with one attached hydrogen (secondary N) is 1. The van der Waals surface area contributed by atoms with E-state index >= 15 is 0 Å². The molecule has 114 valence electrons. The van der Waals surface area contributed by atoms with Crippen molar-refractivity contribution in [1.82, 2.24) is 10.2 Å². The minimum Gasteiger partial charge on any atom is -0.479 e. The van der Waals surface area contributed by atoms with Crippen molar-refractivity contribution in [3.05, 3.63) is 21.9 Å². The normalized spacial score (nSPS) is 22.5. The summed E-state index contributed by atoms with van der Waals surface area (Å²) in [7, 11) is 0. The lowest BCUT2D eigenvalue weighted by molar-refractivity contribution is -0.142. The smallest absolute Gasteiger partial charge is 0.331 e. The first-order valence-corrected chi connectivity index (χ1v) is 8.28. The SMILES string of the molecule is CCC1(CNC(=O)N2CCc3sccc3C2C(=O)O)CC1. The molecule has 0 radical (unpaired) electrons. The number of hydrogen-bond donors (Lipinski definition) is 2. The molecule has 0 bridgehead atoms. The van der Waals surface area contributed by atoms with Crippen LogP contribution in [0.3, 0.4) is 0 Å². The van der Waals surface area contributed by atoms with Crippen LogP contribution in [-0.4, -0.2) is 35.1 Å². The maximum Gasteiger partial charge on any atom is 0.331 e. The van der Waals surface area contributed by atoms with E-state index in [2.05, 4.69) is 12.2 Å². The van der Waals surface area contributed by atoms with Gasteiger partial charge in [0.05, 0.1) is 0 Å². The van der Waals surface area contributed by atoms with Crippen molar-refractivity contribution >= 4 is 23.3 Å². The van der Waals surface area contributed by atoms with Gasteiger partial charge in [-0.2, -0.15) is 0 Å². The quantitative estimate of drug-likeness (QED) is 0.898. The van der Waals surface area contributed by atoms with Crippen molar-refractivity contribution in [2.75, 3.05) is 13.1 Å². The molecule has 2 heterocycles. The van der Waals surface area contributed by atoms with Crippen molar-refractivity contribution in [2.24, 2.45) is 5.41 Å². The molecule has 3 rings (SSSR count). The summed E-state index contributed by atoms with van der Waals surface area (Å²) in [5.74, 6) is -0.957. The number of hydrogen-bond acceptors (Lipinski definition) is 3. The summed E-state index contributed by atoms with van der Waals surface area (Å²) < 4.78 is 0. The van der Waals surface area contributed by atoms with Gasteiger partial charge in [0.25, 0.3) is 0 Å². The van der Waals surface area contributed by atoms with E-state index in [9.17, 15) is 14.7 Å². The minimum absolute atomic E-state index is 0.251. The van der Waals surface area contributed by atoms with Crippen LogP contribution < -0.4 is 5.32 Å². The molecule has 6 heteroatoms. The summed E-state index contributed by atoms with van der Waals surface area (Å²) in [5, 5.41) is 14.3. The highest BCUT2D eigenvalue weighted by Gasteiger charge is 2.42. The summed E-state index contributed by atoms with van der Waals surface area (Å²) >= 11 is 1.57. The fourth-order valence-electron chi connectivity index (χ4n) is 3.00. The van der Waals surface area contributed by atoms with Crippen molar-refractivity contribution in [3.63, 3.8) is 0 Å². The highest BCUT2D eigenvalue weighted by molar-refractivity contribution is 7.10. The molecule has 2 aliphatic rings. The third kappa shape index (κ3) is 2.64. The second-order valence-electron chi connectivity index (χ2n) is 6.00. The standard InChI is InChI=1S/C15H20N2O3S/c1-2-15(5-6-15)9-16-14(20)17-7-3-11-10(4-8-21-11)12(17)13(18)19/h4,8,12H,2-3,5-7,9H2,1H3,(H,16,20)(H,18,19). The highest BCUT2D eigenvalue weighted by atomic mass is 32.1. The van der Waals surface area contributed by atoms with Crippen molar-refractivity contribution in [2.45, 2.75) is 38.6 Å². The first kappa shape index (κ1) is 14.4. The molecule has 2 N–H and O–H groups in total. The summed E-state index contributed by atoms with van der Waals surface area (Å²) in [6.07, 6.45) is 4.11. The lowest BCUT2D eigenvalue weighted by atomic mass is 10.0. The molecule has 2 amide bonds. The summed E-state index contributed by atoms with van der Waals surface area (Å²) in [6, 6.07) is 0.725. The van der Waals surface area contributed by atoms with E-state index in [0.29, 0.717) is 13.1 Å². The van der Waals surface area contributed by atoms with Crippen LogP contribution in [0.2, 0.25) is 0 Å². The summed E-state index contributed by atoms with van der Waals surface area (Å²) in [5.41, 5.74) is 1.03. The molecule has 1 fully saturated rings. The first-order valence-electron chi connectivity index (χ1n) is 7.40. The van der Waals surface area contributed by atoms with Crippen LogP contribution in [0.25, 0.3) is 0 Å². The fourth-order valence-corrected chi connectivity index (χ4v) is 3.90. The van der Waals surface area contributed by atoms with E-state index in [0.717, 1.165) is 36.1 Å². The van der Waals surface area contributed by atoms with Crippen LogP contribution in [0.4, 0.5) is 4.79 Å². The number of carbonyl (C=O) groups excluding carboxylic acids is 1. The number of carboxylic acids is 1. The molecule has 1 aromatic heterocycles. The Balaban J connectivity index is 1.72. The molecule has 0 spiro atoms. The lowest BCUT2D eigenvalue weighted by Crippen LogP contribution is -2.48. The van der Waals surface area contributed by atoms with E-state index in [4.69, 9.17) is 0 Å². The zero-order chi connectivity index (χ0) is 15.0. The van der Waals surface area contributed by atoms with Gasteiger partial charge in [-0.25, -0.2) is 9.59 Å². The number of urea groups is 1. The number of aliphatic carboxylic acids is 1. The van der Waals surface area contributed by atoms with Gasteiger partial charge in [0.1, 0.15) is 0 Å². The van der Waals surface area contributed by atoms with Gasteiger partial charge in [0.15, 0.2) is 6.04 Å². The largest absolute Gasteiger partial charge is 0.479 e. The van der Waals surface area contributed by atoms with Gasteiger partial charge in [-0.3, -0.25) is 0 Å². The van der Waals surface area contributed by atoms with E-state index in [1.54, 1.807) is 11.3 Å². The number of fused-ring (bicyclic) bond motifs is 1. The zero-order valence-electron chi connectivity index (χ0n) is 12.1. The molecule has 1 atom stereocenters. The van der Waals surface area contributed by atoms with Gasteiger partial charge in [-0.1, -0.05) is 6.92 Å². The van der Waals surface area contributed by atoms with Gasteiger partial charge >= 0.3 is 12.0 Å². The molecule has 1 aliphatic heterocycles. The van der Waals surface area contributed by atoms with E-state index in [1.807, 2.05) is 11.4 Å². The predicted octanol–water partition coefficient (Wildman–Crippen LogP) is 2.63. The number of nitrogens with zero attached hydrogens (tertiary/aromatic N) is 1. The van der Waals surface area contributed by atoms with Gasteiger partial charge in [0.2, 0.25) is 0 Å². The molecule has 5 nitrogen and oxygen atoms in total. The van der Waals surface area contributed by atoms with Crippen LogP contribution in [0.5, 0.6) is 0 Å². The van der Waals surface area contributed by atoms with Gasteiger partial charge < -0.3 is 15.3 Å². The second kappa shape index (κ2) is 5.33. The van der Waals surface area contributed by atoms with Gasteiger partial charge in [0, 0.05) is 18.0 Å². The molecular formula is C15H20N2O3S. The van der Waals surface area contributed by atoms with Gasteiger partial charge in [-0.05, 0) is 48.1 Å². The lowest BCUT2D eigenvalue weighted by Gasteiger charge is -2.33. The topological polar surface area (TPSA) is 69.6 Å². The van der Waals surface area contributed by atoms with E-state index in [-0.39, 0.29) is 11.4 Å². The van der Waals surface area contributed by atoms with Gasteiger partial charge in [-0.15, -0.1) is 11.3 Å². The summed E-state index contributed by atoms with van der Waals surface area (Å²) in [4.78, 5) is 26.5. The Morgan fingerprint density at radius 2 is 2.29 bits per heavy atom. The fraction of sp³-hybridized carbons (Fsp3) is 0.600. The summed E-state index contributed by atoms with van der Waals surface area (Å²) in [6.45, 7) is 3.26. The Labute approximate surface area is 128 Å². The highest BCUT2D eigenvalue weighted by Crippen LogP contribution is 2.48. The molecule has 1 aliphatic carbocycles. The van der Waals surface area contributed by atoms with Crippen molar-refractivity contribution in [1.29, 1.82) is 0 Å². The number of thiophene rings is 1. The maximum atomic E-state index is 12.4. The third-order valence-corrected chi connectivity index (χ3v) is 5.78. The molecule has 1 saturated carbocycles. The Morgan fingerprint density at radius 3 is 2.90 bits per heavy atom. The van der Waals surface area contributed by atoms with Crippen LogP contribution in [-0.2, 0) is 11.2 Å². The monoisotopic (exact) mass is 308 g/mol. The zero-order valence-corrected chi connectivity index (χ0v) is 12.9. The van der Waals surface area contributed by atoms with Crippen LogP contribution in [0.1, 0.15) is 42.7 Å². The van der Waals surface area contributed by atoms with Crippen molar-refractivity contribution < 1.29 is 14.7 Å². The van der Waals surface area contributed by atoms with E-state index < -0.39 is 12.0 Å². The number of carboxylic acid groups (broad SMARTS) is 1. The minimum atomic E-state index is -0.957. The molecule has 21 heavy (non-hydrogen) atoms. The average molecular weight is 308 g/mol. The number of carbonyl (C=O) groups is 2. The van der Waals surface area contributed by atoms with Crippen LogP contribution in [0, 0.1) is 5.41 Å². The Kier molecular flexibility index (Phi) is 3.65. The first-order chi connectivity index (χ1) is 10.1. The molecule has 1 aromatic rings. The number of rotatable bonds is 4. The second-order valence-corrected chi connectivity index (χ2v) is 7.00. The molecular weight excluding hydrogens is 288 g/mol. The van der Waals surface area contributed by atoms with Crippen molar-refractivity contribution in [3.8, 4) is 0 Å². The number of amides is 2. The van der Waals surface area contributed by atoms with E-state index in [1.165, 1.54) is 4.90 Å². The molecule has 0 aromatic carbocycles. The molecule has 1 unspecified atom stereocenters. The average Bonchev–Trinajstić information content (AvgIpc) is 3.11. The molecule has 0 saturated heterocycles. The third-order valence-electron chi connectivity index (χ3n) is 4.78. The maximum absolute atomic E-state index is 12.4.